The molecule has 0 fully saturated rings. The summed E-state index contributed by atoms with van der Waals surface area (Å²) >= 11 is 4.24. The van der Waals surface area contributed by atoms with Crippen molar-refractivity contribution in [3.63, 3.8) is 0 Å². The third-order valence-corrected chi connectivity index (χ3v) is 0. The van der Waals surface area contributed by atoms with Gasteiger partial charge in [-0.1, -0.05) is 14.9 Å². The Kier molecular flexibility index (Phi) is 587. The molecule has 0 aliphatic rings. The first-order valence-corrected chi connectivity index (χ1v) is 6.74. The van der Waals surface area contributed by atoms with Gasteiger partial charge in [0.15, 0.2) is 0 Å². The van der Waals surface area contributed by atoms with Gasteiger partial charge in [-0.05, 0) is 0 Å². The smallest absolute Gasteiger partial charge is 0.269 e. The number of halogens is 5. The number of aliphatic hydroxyl groups excluding tert-OH is 1. The van der Waals surface area contributed by atoms with Crippen molar-refractivity contribution >= 4 is 61.2 Å². The maximum Gasteiger partial charge on any atom is 0.269 e. The third kappa shape index (κ3) is 117. The molecule has 0 amide bonds. The summed E-state index contributed by atoms with van der Waals surface area (Å²) < 4.78 is 26.0. The predicted molar refractivity (Wildman–Crippen MR) is 69.2 cm³/mol. The van der Waals surface area contributed by atoms with Crippen LogP contribution in [0.3, 0.4) is 0 Å². The van der Waals surface area contributed by atoms with Crippen LogP contribution in [0.1, 0.15) is 14.9 Å². The molecule has 10 heavy (non-hydrogen) atoms. The summed E-state index contributed by atoms with van der Waals surface area (Å²) in [7, 11) is 2.25. The molecule has 0 saturated carbocycles. The van der Waals surface area contributed by atoms with Crippen molar-refractivity contribution in [3.8, 4) is 0 Å². The van der Waals surface area contributed by atoms with Gasteiger partial charge >= 0.3 is 0 Å². The maximum absolute atomic E-state index is 8.75. The van der Waals surface area contributed by atoms with Crippen molar-refractivity contribution < 1.29 is 47.3 Å². The van der Waals surface area contributed by atoms with Gasteiger partial charge < -0.3 is 5.11 Å². The fourth-order valence-corrected chi connectivity index (χ4v) is 0. The van der Waals surface area contributed by atoms with E-state index in [4.69, 9.17) is 14.5 Å². The molecule has 0 unspecified atom stereocenters. The Morgan fingerprint density at radius 1 is 1.10 bits per heavy atom. The van der Waals surface area contributed by atoms with Crippen LogP contribution >= 0.6 is 61.2 Å². The molecule has 1 N–H and O–H groups in total. The molecule has 0 aromatic heterocycles. The third-order valence-electron chi connectivity index (χ3n) is 0. The predicted octanol–water partition coefficient (Wildman–Crippen LogP) is 4.11. The second-order valence-corrected chi connectivity index (χ2v) is 0. The van der Waals surface area contributed by atoms with Gasteiger partial charge in [0.25, 0.3) is 2.90 Å². The summed E-state index contributed by atoms with van der Waals surface area (Å²) in [5, 5.41) is 6.75. The minimum atomic E-state index is 0. The molecule has 0 heterocycles. The molecular weight excluding hydrogens is 560 g/mol. The van der Waals surface area contributed by atoms with Gasteiger partial charge in [-0.3, -0.25) is 9.44 Å². The van der Waals surface area contributed by atoms with E-state index in [9.17, 15) is 0 Å². The fourth-order valence-electron chi connectivity index (χ4n) is 0. The van der Waals surface area contributed by atoms with Crippen molar-refractivity contribution in [3.05, 3.63) is 7.11 Å². The van der Waals surface area contributed by atoms with Crippen LogP contribution in [0.15, 0.2) is 0 Å². The molecule has 1 radical (unpaired) electrons. The second kappa shape index (κ2) is 154. The van der Waals surface area contributed by atoms with E-state index in [0.717, 1.165) is 0 Å². The van der Waals surface area contributed by atoms with E-state index in [1.165, 1.54) is 0 Å². The van der Waals surface area contributed by atoms with E-state index in [2.05, 4.69) is 47.2 Å². The second-order valence-electron chi connectivity index (χ2n) is 0. The van der Waals surface area contributed by atoms with E-state index in [-0.39, 0.29) is 71.5 Å². The first kappa shape index (κ1) is 38.0. The van der Waals surface area contributed by atoms with Crippen molar-refractivity contribution in [2.45, 2.75) is 14.9 Å². The molecule has 71 valence electrons. The first-order valence-electron chi connectivity index (χ1n) is 1.22. The Bertz CT molecular complexity index is 29.5. The minimum absolute atomic E-state index is 0. The molecule has 0 aromatic rings. The molecule has 0 atom stereocenters. The van der Waals surface area contributed by atoms with E-state index in [0.29, 0.717) is 0 Å². The van der Waals surface area contributed by atoms with Gasteiger partial charge in [0.1, 0.15) is 0 Å². The molecule has 0 spiro atoms. The van der Waals surface area contributed by atoms with E-state index >= 15 is 0 Å². The van der Waals surface area contributed by atoms with E-state index in [1.54, 1.807) is 0 Å². The van der Waals surface area contributed by atoms with Crippen LogP contribution in [-0.2, 0) is 32.7 Å². The number of rotatable bonds is 0. The average Bonchev–Trinajstić information content (AvgIpc) is 2.03. The summed E-state index contributed by atoms with van der Waals surface area (Å²) in [6.45, 7) is 0. The van der Waals surface area contributed by atoms with Gasteiger partial charge in [0.2, 0.25) is 0 Å². The quantitative estimate of drug-likeness (QED) is 0.340. The Labute approximate surface area is 131 Å². The van der Waals surface area contributed by atoms with Gasteiger partial charge in [0.05, 0.1) is 0 Å². The average molecular weight is 578 g/mol. The summed E-state index contributed by atoms with van der Waals surface area (Å²) in [5.41, 5.74) is 0. The van der Waals surface area contributed by atoms with Crippen LogP contribution in [-0.4, -0.2) is 8.01 Å². The van der Waals surface area contributed by atoms with Gasteiger partial charge in [-0.2, -0.15) is 0 Å². The molecule has 0 aliphatic carbocycles. The first-order chi connectivity index (χ1) is 4.00. The van der Waals surface area contributed by atoms with Crippen LogP contribution < -0.4 is 0 Å². The van der Waals surface area contributed by atoms with Crippen molar-refractivity contribution in [2.24, 2.45) is 0 Å². The van der Waals surface area contributed by atoms with Crippen LogP contribution in [0.4, 0.5) is 9.44 Å². The number of hydrogen-bond acceptors (Lipinski definition) is 1. The fraction of sp³-hybridized carbons (Fsp3) is 0.667. The normalized spacial score (nSPS) is 2.60. The van der Waals surface area contributed by atoms with Crippen LogP contribution in [0.5, 0.6) is 0 Å². The molecule has 0 rings (SSSR count). The standard InChI is InChI=1S/CH3O.2CH4.2FH.I2.HI.Y/c1-2;;;;;1-2;;/h2H,1H2;2*1H4;2*1H;;1H;/q-1;;;;;;;/i/hT2. The van der Waals surface area contributed by atoms with Crippen molar-refractivity contribution in [1.29, 1.82) is 2.90 Å². The Morgan fingerprint density at radius 3 is 1.10 bits per heavy atom. The van der Waals surface area contributed by atoms with Crippen molar-refractivity contribution in [2.75, 3.05) is 0 Å². The topological polar surface area (TPSA) is 20.2 Å². The number of aliphatic hydroxyl groups is 1. The Hall–Kier alpha value is 3.11. The van der Waals surface area contributed by atoms with Gasteiger partial charge in [0, 0.05) is 69.9 Å². The molecule has 0 aromatic carbocycles. The van der Waals surface area contributed by atoms with Gasteiger partial charge in [-0.15, -0.1) is 24.0 Å². The maximum atomic E-state index is 8.75. The zero-order chi connectivity index (χ0) is 8.00. The van der Waals surface area contributed by atoms with Crippen LogP contribution in [0.2, 0.25) is 0 Å². The summed E-state index contributed by atoms with van der Waals surface area (Å²) in [5.74, 6) is 0. The summed E-state index contributed by atoms with van der Waals surface area (Å²) in [4.78, 5) is 0. The molecule has 0 aliphatic heterocycles. The summed E-state index contributed by atoms with van der Waals surface area (Å²) in [6.07, 6.45) is 0. The Balaban J connectivity index is -0.00000000267. The van der Waals surface area contributed by atoms with E-state index < -0.39 is 0 Å². The minimum Gasteiger partial charge on any atom is -0.569 e. The molecule has 1 nitrogen and oxygen atoms in total. The molecule has 7 heteroatoms. The molecule has 0 bridgehead atoms. The zero-order valence-corrected chi connectivity index (χ0v) is 13.1. The SMILES string of the molecule is C.C.I.II.[3H]F.[3H]F.[CH2-]O.[Y]. The van der Waals surface area contributed by atoms with E-state index in [1.807, 2.05) is 0 Å². The Morgan fingerprint density at radius 2 is 1.10 bits per heavy atom. The molecular formula is C3H14F2I3OY-. The number of hydrogen-bond donors (Lipinski definition) is 1. The molecule has 0 saturated heterocycles. The monoisotopic (exact) mass is 578 g/mol. The summed E-state index contributed by atoms with van der Waals surface area (Å²) in [6, 6.07) is 0. The largest absolute Gasteiger partial charge is 0.569 e. The zero-order valence-electron chi connectivity index (χ0n) is 5.65. The van der Waals surface area contributed by atoms with Crippen molar-refractivity contribution in [1.82, 2.24) is 0 Å². The van der Waals surface area contributed by atoms with Gasteiger partial charge in [-0.25, -0.2) is 7.11 Å². The van der Waals surface area contributed by atoms with Crippen LogP contribution in [0, 0.1) is 7.11 Å². The van der Waals surface area contributed by atoms with Crippen LogP contribution in [0.25, 0.3) is 0 Å².